The molecule has 3 rings (SSSR count). The van der Waals surface area contributed by atoms with Crippen molar-refractivity contribution in [2.45, 2.75) is 24.9 Å². The van der Waals surface area contributed by atoms with Gasteiger partial charge in [-0.1, -0.05) is 0 Å². The number of hydrogen-bond acceptors (Lipinski definition) is 10. The molecule has 17 heteroatoms. The Bertz CT molecular complexity index is 957. The largest absolute Gasteiger partial charge is 0.469 e. The fourth-order valence-electron chi connectivity index (χ4n) is 2.80. The Kier molecular flexibility index (Phi) is 5.74. The zero-order valence-electron chi connectivity index (χ0n) is 14.3. The lowest BCUT2D eigenvalue weighted by molar-refractivity contribution is -0.0417. The molecule has 0 radical (unpaired) electrons. The Morgan fingerprint density at radius 2 is 2.04 bits per heavy atom. The van der Waals surface area contributed by atoms with Gasteiger partial charge in [0.15, 0.2) is 17.0 Å². The SMILES string of the molecule is CNc1nc(N)nc2c1ncn2C1CC(OP(=O)(O)O)C(COP(=O)(O)O)O1. The molecule has 1 fully saturated rings. The first-order valence-electron chi connectivity index (χ1n) is 7.74. The third-order valence-electron chi connectivity index (χ3n) is 3.85. The number of phosphoric ester groups is 2. The summed E-state index contributed by atoms with van der Waals surface area (Å²) in [6.07, 6.45) is -1.97. The first-order chi connectivity index (χ1) is 13.0. The van der Waals surface area contributed by atoms with Crippen LogP contribution in [-0.2, 0) is 22.9 Å². The van der Waals surface area contributed by atoms with Gasteiger partial charge in [-0.2, -0.15) is 9.97 Å². The monoisotopic (exact) mass is 440 g/mol. The molecule has 15 nitrogen and oxygen atoms in total. The number of nitrogens with one attached hydrogen (secondary N) is 1. The molecule has 0 amide bonds. The second-order valence-electron chi connectivity index (χ2n) is 5.79. The molecule has 0 bridgehead atoms. The van der Waals surface area contributed by atoms with E-state index >= 15 is 0 Å². The lowest BCUT2D eigenvalue weighted by Gasteiger charge is -2.19. The fourth-order valence-corrected chi connectivity index (χ4v) is 3.71. The summed E-state index contributed by atoms with van der Waals surface area (Å²) in [5.74, 6) is 0.324. The van der Waals surface area contributed by atoms with E-state index in [1.54, 1.807) is 7.05 Å². The Labute approximate surface area is 157 Å². The number of nitrogens with zero attached hydrogens (tertiary/aromatic N) is 4. The normalized spacial score (nSPS) is 23.4. The van der Waals surface area contributed by atoms with Crippen LogP contribution >= 0.6 is 15.6 Å². The van der Waals surface area contributed by atoms with Crippen LogP contribution in [0.15, 0.2) is 6.33 Å². The summed E-state index contributed by atoms with van der Waals surface area (Å²) in [4.78, 5) is 48.2. The van der Waals surface area contributed by atoms with Gasteiger partial charge in [0.2, 0.25) is 5.95 Å². The average Bonchev–Trinajstić information content (AvgIpc) is 3.13. The summed E-state index contributed by atoms with van der Waals surface area (Å²) >= 11 is 0. The molecule has 2 aromatic heterocycles. The number of phosphoric acid groups is 2. The standard InChI is InChI=1S/C11H18N6O9P2/c1-13-9-8-10(16-11(12)15-9)17(4-14-8)7-2-5(26-28(21,22)23)6(25-7)3-24-27(18,19)20/h4-7H,2-3H2,1H3,(H2,18,19,20)(H2,21,22,23)(H3,12,13,15,16). The number of imidazole rings is 1. The van der Waals surface area contributed by atoms with Crippen LogP contribution in [0, 0.1) is 0 Å². The Balaban J connectivity index is 1.90. The third kappa shape index (κ3) is 4.84. The minimum Gasteiger partial charge on any atom is -0.371 e. The van der Waals surface area contributed by atoms with Crippen molar-refractivity contribution in [3.8, 4) is 0 Å². The van der Waals surface area contributed by atoms with E-state index in [1.807, 2.05) is 0 Å². The zero-order valence-corrected chi connectivity index (χ0v) is 16.1. The molecule has 1 saturated heterocycles. The van der Waals surface area contributed by atoms with Crippen molar-refractivity contribution in [2.24, 2.45) is 0 Å². The van der Waals surface area contributed by atoms with Crippen molar-refractivity contribution in [1.29, 1.82) is 0 Å². The zero-order chi connectivity index (χ0) is 20.7. The van der Waals surface area contributed by atoms with E-state index in [4.69, 9.17) is 34.6 Å². The van der Waals surface area contributed by atoms with E-state index in [9.17, 15) is 9.13 Å². The van der Waals surface area contributed by atoms with Crippen LogP contribution in [-0.4, -0.2) is 65.0 Å². The van der Waals surface area contributed by atoms with Gasteiger partial charge in [0.25, 0.3) is 0 Å². The average molecular weight is 440 g/mol. The molecule has 0 spiro atoms. The van der Waals surface area contributed by atoms with E-state index in [-0.39, 0.29) is 18.0 Å². The number of nitrogen functional groups attached to an aromatic ring is 1. The highest BCUT2D eigenvalue weighted by Crippen LogP contribution is 2.45. The quantitative estimate of drug-likeness (QED) is 0.294. The molecule has 28 heavy (non-hydrogen) atoms. The van der Waals surface area contributed by atoms with Crippen molar-refractivity contribution in [2.75, 3.05) is 24.7 Å². The maximum absolute atomic E-state index is 11.2. The Morgan fingerprint density at radius 3 is 2.64 bits per heavy atom. The molecule has 3 heterocycles. The number of rotatable bonds is 7. The summed E-state index contributed by atoms with van der Waals surface area (Å²) in [6.45, 7) is -0.656. The van der Waals surface area contributed by atoms with Gasteiger partial charge in [-0.3, -0.25) is 13.6 Å². The first-order valence-corrected chi connectivity index (χ1v) is 10.8. The topological polar surface area (TPSA) is 224 Å². The van der Waals surface area contributed by atoms with Gasteiger partial charge in [0.1, 0.15) is 18.4 Å². The Morgan fingerprint density at radius 1 is 1.32 bits per heavy atom. The Hall–Kier alpha value is -1.67. The molecule has 1 aliphatic rings. The van der Waals surface area contributed by atoms with Crippen molar-refractivity contribution >= 4 is 38.6 Å². The van der Waals surface area contributed by atoms with Gasteiger partial charge in [-0.25, -0.2) is 14.1 Å². The maximum Gasteiger partial charge on any atom is 0.469 e. The maximum atomic E-state index is 11.2. The molecular weight excluding hydrogens is 422 g/mol. The second-order valence-corrected chi connectivity index (χ2v) is 8.22. The minimum absolute atomic E-state index is 0.0407. The van der Waals surface area contributed by atoms with E-state index < -0.39 is 40.7 Å². The molecule has 0 aromatic carbocycles. The lowest BCUT2D eigenvalue weighted by atomic mass is 10.2. The molecule has 3 unspecified atom stereocenters. The van der Waals surface area contributed by atoms with Gasteiger partial charge < -0.3 is 35.4 Å². The van der Waals surface area contributed by atoms with Crippen LogP contribution in [0.3, 0.4) is 0 Å². The number of ether oxygens (including phenoxy) is 1. The van der Waals surface area contributed by atoms with E-state index in [0.717, 1.165) is 0 Å². The van der Waals surface area contributed by atoms with Crippen molar-refractivity contribution in [3.05, 3.63) is 6.33 Å². The molecule has 3 atom stereocenters. The van der Waals surface area contributed by atoms with Crippen molar-refractivity contribution < 1.29 is 42.5 Å². The third-order valence-corrected chi connectivity index (χ3v) is 4.88. The fraction of sp³-hybridized carbons (Fsp3) is 0.545. The number of nitrogens with two attached hydrogens (primary N) is 1. The van der Waals surface area contributed by atoms with Crippen LogP contribution < -0.4 is 11.1 Å². The number of anilines is 2. The summed E-state index contributed by atoms with van der Waals surface area (Å²) in [5.41, 5.74) is 6.34. The van der Waals surface area contributed by atoms with Crippen LogP contribution in [0.25, 0.3) is 11.2 Å². The molecular formula is C11H18N6O9P2. The van der Waals surface area contributed by atoms with Gasteiger partial charge >= 0.3 is 15.6 Å². The smallest absolute Gasteiger partial charge is 0.371 e. The summed E-state index contributed by atoms with van der Waals surface area (Å²) in [6, 6.07) is 0. The van der Waals surface area contributed by atoms with Crippen LogP contribution in [0.2, 0.25) is 0 Å². The lowest BCUT2D eigenvalue weighted by Crippen LogP contribution is -2.28. The molecule has 0 saturated carbocycles. The number of fused-ring (bicyclic) bond motifs is 1. The van der Waals surface area contributed by atoms with Gasteiger partial charge in [-0.05, 0) is 0 Å². The number of aromatic nitrogens is 4. The van der Waals surface area contributed by atoms with Crippen molar-refractivity contribution in [1.82, 2.24) is 19.5 Å². The van der Waals surface area contributed by atoms with E-state index in [1.165, 1.54) is 10.9 Å². The molecule has 7 N–H and O–H groups in total. The van der Waals surface area contributed by atoms with Gasteiger partial charge in [-0.15, -0.1) is 0 Å². The molecule has 2 aromatic rings. The minimum atomic E-state index is -4.90. The molecule has 0 aliphatic carbocycles. The summed E-state index contributed by atoms with van der Waals surface area (Å²) < 4.78 is 38.3. The van der Waals surface area contributed by atoms with Gasteiger partial charge in [0, 0.05) is 13.5 Å². The highest BCUT2D eigenvalue weighted by Gasteiger charge is 2.42. The number of hydrogen-bond donors (Lipinski definition) is 6. The van der Waals surface area contributed by atoms with Gasteiger partial charge in [0.05, 0.1) is 12.9 Å². The molecule has 156 valence electrons. The van der Waals surface area contributed by atoms with Crippen LogP contribution in [0.5, 0.6) is 0 Å². The van der Waals surface area contributed by atoms with Crippen molar-refractivity contribution in [3.63, 3.8) is 0 Å². The predicted molar refractivity (Wildman–Crippen MR) is 92.7 cm³/mol. The summed E-state index contributed by atoms with van der Waals surface area (Å²) in [7, 11) is -8.11. The highest BCUT2D eigenvalue weighted by atomic mass is 31.2. The highest BCUT2D eigenvalue weighted by molar-refractivity contribution is 7.46. The summed E-state index contributed by atoms with van der Waals surface area (Å²) in [5, 5.41) is 2.82. The molecule has 1 aliphatic heterocycles. The van der Waals surface area contributed by atoms with Crippen LogP contribution in [0.1, 0.15) is 12.6 Å². The van der Waals surface area contributed by atoms with E-state index in [2.05, 4.69) is 24.8 Å². The van der Waals surface area contributed by atoms with E-state index in [0.29, 0.717) is 11.3 Å². The predicted octanol–water partition coefficient (Wildman–Crippen LogP) is -0.675. The second kappa shape index (κ2) is 7.63. The van der Waals surface area contributed by atoms with Crippen LogP contribution in [0.4, 0.5) is 11.8 Å². The first kappa shape index (κ1) is 21.0.